The first kappa shape index (κ1) is 36.6. The van der Waals surface area contributed by atoms with Crippen molar-refractivity contribution in [2.75, 3.05) is 19.6 Å². The second-order valence-corrected chi connectivity index (χ2v) is 15.0. The number of aromatic nitrogens is 4. The Morgan fingerprint density at radius 3 is 2.39 bits per heavy atom. The lowest BCUT2D eigenvalue weighted by atomic mass is 9.97. The summed E-state index contributed by atoms with van der Waals surface area (Å²) < 4.78 is 15.4. The lowest BCUT2D eigenvalue weighted by Crippen LogP contribution is -2.43. The molecule has 0 bridgehead atoms. The molecule has 57 heavy (non-hydrogen) atoms. The van der Waals surface area contributed by atoms with E-state index in [-0.39, 0.29) is 42.1 Å². The molecule has 5 aromatic carbocycles. The maximum absolute atomic E-state index is 13.0. The van der Waals surface area contributed by atoms with Crippen LogP contribution < -0.4 is 11.0 Å². The number of aliphatic hydroxyl groups is 1. The van der Waals surface area contributed by atoms with Crippen molar-refractivity contribution in [3.05, 3.63) is 166 Å². The molecule has 7 aromatic rings. The Morgan fingerprint density at radius 1 is 0.807 bits per heavy atom. The van der Waals surface area contributed by atoms with Crippen LogP contribution in [0, 0.1) is 0 Å². The Labute approximate surface area is 329 Å². The van der Waals surface area contributed by atoms with Crippen molar-refractivity contribution in [2.24, 2.45) is 0 Å². The summed E-state index contributed by atoms with van der Waals surface area (Å²) in [5, 5.41) is 12.7. The number of piperidine rings is 1. The number of ether oxygens (including phenoxy) is 2. The zero-order chi connectivity index (χ0) is 38.7. The first-order valence-corrected chi connectivity index (χ1v) is 19.6. The van der Waals surface area contributed by atoms with Gasteiger partial charge in [0.2, 0.25) is 0 Å². The summed E-state index contributed by atoms with van der Waals surface area (Å²) in [4.78, 5) is 40.2. The summed E-state index contributed by atoms with van der Waals surface area (Å²) in [6.45, 7) is 2.79. The number of rotatable bonds is 10. The van der Waals surface area contributed by atoms with Crippen molar-refractivity contribution in [1.29, 1.82) is 0 Å². The third-order valence-corrected chi connectivity index (χ3v) is 11.2. The summed E-state index contributed by atoms with van der Waals surface area (Å²) in [5.74, 6) is -0.281. The molecule has 9 rings (SSSR count). The molecule has 11 nitrogen and oxygen atoms in total. The first-order chi connectivity index (χ1) is 28.0. The molecule has 2 fully saturated rings. The minimum absolute atomic E-state index is 0.0136. The number of hydrogen-bond acceptors (Lipinski definition) is 8. The summed E-state index contributed by atoms with van der Waals surface area (Å²) in [7, 11) is 0. The van der Waals surface area contributed by atoms with Crippen molar-refractivity contribution in [3.8, 4) is 11.1 Å². The molecule has 3 N–H and O–H groups in total. The van der Waals surface area contributed by atoms with Crippen LogP contribution in [0.3, 0.4) is 0 Å². The largest absolute Gasteiger partial charge is 0.392 e. The van der Waals surface area contributed by atoms with Gasteiger partial charge in [-0.15, -0.1) is 0 Å². The summed E-state index contributed by atoms with van der Waals surface area (Å²) in [5.41, 5.74) is 9.27. The third kappa shape index (κ3) is 8.01. The Balaban J connectivity index is 0.898. The maximum Gasteiger partial charge on any atom is 0.326 e. The van der Waals surface area contributed by atoms with Gasteiger partial charge in [0.05, 0.1) is 47.1 Å². The minimum Gasteiger partial charge on any atom is -0.392 e. The van der Waals surface area contributed by atoms with Gasteiger partial charge in [-0.25, -0.2) is 9.78 Å². The van der Waals surface area contributed by atoms with E-state index in [9.17, 15) is 14.7 Å². The van der Waals surface area contributed by atoms with Gasteiger partial charge in [-0.1, -0.05) is 84.9 Å². The predicted molar refractivity (Wildman–Crippen MR) is 218 cm³/mol. The van der Waals surface area contributed by atoms with Crippen LogP contribution in [0.5, 0.6) is 0 Å². The van der Waals surface area contributed by atoms with Crippen LogP contribution in [0.4, 0.5) is 0 Å². The molecule has 3 atom stereocenters. The molecule has 2 aliphatic heterocycles. The summed E-state index contributed by atoms with van der Waals surface area (Å²) in [6.07, 6.45) is 3.06. The van der Waals surface area contributed by atoms with Gasteiger partial charge in [0.25, 0.3) is 5.91 Å². The standard InChI is InChI=1S/C46H44N6O5/c53-29-30-15-17-32(18-16-30)43-25-37(28-51-21-19-36(20-22-51)52-42-14-4-3-13-40(42)50-46(52)55)56-45(57-43)35-10-6-9-34(24-35)33-8-5-7-31(23-33)26-48-44(54)41-27-47-38-11-1-2-12-39(38)49-41/h1-18,23-24,27,36-37,43,45,53H,19-22,25-26,28-29H2,(H,48,54)(H,50,55)/t37-,43+,45+/m0/s1. The Kier molecular flexibility index (Phi) is 10.4. The number of imidazole rings is 1. The Hall–Kier alpha value is -5.98. The fourth-order valence-corrected chi connectivity index (χ4v) is 8.18. The molecular formula is C46H44N6O5. The van der Waals surface area contributed by atoms with Crippen LogP contribution in [0.25, 0.3) is 33.2 Å². The third-order valence-electron chi connectivity index (χ3n) is 11.2. The molecule has 0 saturated carbocycles. The van der Waals surface area contributed by atoms with E-state index in [4.69, 9.17) is 9.47 Å². The highest BCUT2D eigenvalue weighted by Crippen LogP contribution is 2.39. The molecule has 0 radical (unpaired) electrons. The second kappa shape index (κ2) is 16.2. The van der Waals surface area contributed by atoms with Crippen molar-refractivity contribution < 1.29 is 19.4 Å². The highest BCUT2D eigenvalue weighted by atomic mass is 16.7. The highest BCUT2D eigenvalue weighted by Gasteiger charge is 2.34. The molecule has 2 aliphatic rings. The van der Waals surface area contributed by atoms with Gasteiger partial charge in [-0.3, -0.25) is 14.3 Å². The minimum atomic E-state index is -0.598. The maximum atomic E-state index is 13.0. The summed E-state index contributed by atoms with van der Waals surface area (Å²) >= 11 is 0. The SMILES string of the molecule is O=C(NCc1cccc(-c2cccc([C@@H]3O[C@H](CN4CCC(n5c(=O)[nH]c6ccccc65)CC4)C[C@H](c4ccc(CO)cc4)O3)c2)c1)c1cnc2ccccc2n1. The topological polar surface area (TPSA) is 135 Å². The number of nitrogens with zero attached hydrogens (tertiary/aromatic N) is 4. The fourth-order valence-electron chi connectivity index (χ4n) is 8.18. The van der Waals surface area contributed by atoms with E-state index < -0.39 is 6.29 Å². The van der Waals surface area contributed by atoms with Gasteiger partial charge in [0.15, 0.2) is 6.29 Å². The monoisotopic (exact) mass is 760 g/mol. The number of aromatic amines is 1. The number of H-pyrrole nitrogens is 1. The van der Waals surface area contributed by atoms with Crippen molar-refractivity contribution >= 4 is 28.0 Å². The quantitative estimate of drug-likeness (QED) is 0.133. The van der Waals surface area contributed by atoms with Gasteiger partial charge in [0, 0.05) is 44.2 Å². The van der Waals surface area contributed by atoms with E-state index in [0.29, 0.717) is 18.5 Å². The van der Waals surface area contributed by atoms with E-state index in [1.807, 2.05) is 102 Å². The number of amides is 1. The van der Waals surface area contributed by atoms with Gasteiger partial charge in [-0.2, -0.15) is 0 Å². The molecule has 288 valence electrons. The molecule has 2 saturated heterocycles. The molecule has 11 heteroatoms. The van der Waals surface area contributed by atoms with Crippen LogP contribution in [0.15, 0.2) is 132 Å². The number of para-hydroxylation sites is 4. The smallest absolute Gasteiger partial charge is 0.326 e. The van der Waals surface area contributed by atoms with Crippen LogP contribution in [0.1, 0.15) is 70.4 Å². The normalized spacial score (nSPS) is 19.2. The van der Waals surface area contributed by atoms with Gasteiger partial charge in [0.1, 0.15) is 5.69 Å². The lowest BCUT2D eigenvalue weighted by molar-refractivity contribution is -0.253. The predicted octanol–water partition coefficient (Wildman–Crippen LogP) is 7.24. The van der Waals surface area contributed by atoms with E-state index in [1.165, 1.54) is 6.20 Å². The van der Waals surface area contributed by atoms with Crippen LogP contribution in [0.2, 0.25) is 0 Å². The average Bonchev–Trinajstić information content (AvgIpc) is 3.61. The van der Waals surface area contributed by atoms with Crippen LogP contribution >= 0.6 is 0 Å². The highest BCUT2D eigenvalue weighted by molar-refractivity contribution is 5.93. The number of hydrogen-bond donors (Lipinski definition) is 3. The summed E-state index contributed by atoms with van der Waals surface area (Å²) in [6, 6.07) is 39.9. The lowest BCUT2D eigenvalue weighted by Gasteiger charge is -2.40. The van der Waals surface area contributed by atoms with Crippen LogP contribution in [-0.2, 0) is 22.6 Å². The number of likely N-dealkylation sites (tertiary alicyclic amines) is 1. The number of carbonyl (C=O) groups is 1. The van der Waals surface area contributed by atoms with Crippen molar-refractivity contribution in [1.82, 2.24) is 29.7 Å². The second-order valence-electron chi connectivity index (χ2n) is 15.0. The van der Waals surface area contributed by atoms with Gasteiger partial charge >= 0.3 is 5.69 Å². The Morgan fingerprint density at radius 2 is 1.56 bits per heavy atom. The molecular weight excluding hydrogens is 717 g/mol. The first-order valence-electron chi connectivity index (χ1n) is 19.6. The van der Waals surface area contributed by atoms with Crippen molar-refractivity contribution in [2.45, 2.75) is 57.0 Å². The average molecular weight is 761 g/mol. The number of benzene rings is 5. The van der Waals surface area contributed by atoms with Gasteiger partial charge < -0.3 is 29.8 Å². The molecule has 0 spiro atoms. The molecule has 0 unspecified atom stereocenters. The number of carbonyl (C=O) groups excluding carboxylic acids is 1. The zero-order valence-electron chi connectivity index (χ0n) is 31.5. The molecule has 1 amide bonds. The fraction of sp³-hybridized carbons (Fsp3) is 0.261. The van der Waals surface area contributed by atoms with E-state index in [2.05, 4.69) is 49.4 Å². The molecule has 2 aromatic heterocycles. The van der Waals surface area contributed by atoms with E-state index in [0.717, 1.165) is 82.4 Å². The molecule has 4 heterocycles. The zero-order valence-corrected chi connectivity index (χ0v) is 31.5. The van der Waals surface area contributed by atoms with E-state index in [1.54, 1.807) is 0 Å². The number of aliphatic hydroxyl groups excluding tert-OH is 1. The number of fused-ring (bicyclic) bond motifs is 2. The van der Waals surface area contributed by atoms with E-state index >= 15 is 0 Å². The van der Waals surface area contributed by atoms with Crippen molar-refractivity contribution in [3.63, 3.8) is 0 Å². The van der Waals surface area contributed by atoms with Gasteiger partial charge in [-0.05, 0) is 77.1 Å². The Bertz CT molecular complexity index is 2580. The number of nitrogens with one attached hydrogen (secondary N) is 2. The molecule has 0 aliphatic carbocycles. The van der Waals surface area contributed by atoms with Crippen LogP contribution in [-0.4, -0.2) is 61.2 Å².